The summed E-state index contributed by atoms with van der Waals surface area (Å²) in [4.78, 5) is 38.7. The van der Waals surface area contributed by atoms with Crippen molar-refractivity contribution in [1.29, 1.82) is 0 Å². The Labute approximate surface area is 246 Å². The van der Waals surface area contributed by atoms with Gasteiger partial charge in [-0.1, -0.05) is 155 Å². The molecule has 40 heavy (non-hydrogen) atoms. The normalized spacial score (nSPS) is 17.2. The van der Waals surface area contributed by atoms with Gasteiger partial charge in [0.15, 0.2) is 0 Å². The highest BCUT2D eigenvalue weighted by Crippen LogP contribution is 2.22. The standard InChI is InChI=1S/C34H64N2O4/c1-3-5-7-9-11-13-14-15-16-17-18-20-21-23-25-27-31-35-32(37)29-30(34(39)40)36(31)33(38)28-26-24-22-19-12-10-8-6-4-2/h30-31H,3-29H2,1-2H3,(H,35,37)(H,39,40). The summed E-state index contributed by atoms with van der Waals surface area (Å²) in [5.74, 6) is -1.46. The van der Waals surface area contributed by atoms with Crippen LogP contribution in [0.1, 0.15) is 187 Å². The van der Waals surface area contributed by atoms with Crippen molar-refractivity contribution in [3.63, 3.8) is 0 Å². The van der Waals surface area contributed by atoms with Crippen LogP contribution in [0.25, 0.3) is 0 Å². The molecule has 1 fully saturated rings. The lowest BCUT2D eigenvalue weighted by Crippen LogP contribution is -2.62. The maximum absolute atomic E-state index is 13.1. The van der Waals surface area contributed by atoms with Gasteiger partial charge in [-0.05, 0) is 19.3 Å². The summed E-state index contributed by atoms with van der Waals surface area (Å²) in [5.41, 5.74) is 0. The van der Waals surface area contributed by atoms with Gasteiger partial charge in [-0.2, -0.15) is 0 Å². The zero-order valence-corrected chi connectivity index (χ0v) is 26.4. The van der Waals surface area contributed by atoms with Crippen molar-refractivity contribution in [2.75, 3.05) is 0 Å². The van der Waals surface area contributed by atoms with Crippen LogP contribution >= 0.6 is 0 Å². The van der Waals surface area contributed by atoms with E-state index >= 15 is 0 Å². The molecule has 1 rings (SSSR count). The quantitative estimate of drug-likeness (QED) is 0.0973. The summed E-state index contributed by atoms with van der Waals surface area (Å²) >= 11 is 0. The average Bonchev–Trinajstić information content (AvgIpc) is 2.93. The first-order valence-corrected chi connectivity index (χ1v) is 17.3. The van der Waals surface area contributed by atoms with E-state index in [0.717, 1.165) is 38.5 Å². The van der Waals surface area contributed by atoms with Crippen LogP contribution in [0.2, 0.25) is 0 Å². The van der Waals surface area contributed by atoms with E-state index in [2.05, 4.69) is 19.2 Å². The number of amides is 2. The van der Waals surface area contributed by atoms with Crippen LogP contribution in [-0.4, -0.2) is 40.0 Å². The third-order valence-electron chi connectivity index (χ3n) is 8.53. The Morgan fingerprint density at radius 3 is 1.43 bits per heavy atom. The van der Waals surface area contributed by atoms with E-state index in [1.165, 1.54) is 120 Å². The van der Waals surface area contributed by atoms with Gasteiger partial charge >= 0.3 is 5.97 Å². The van der Waals surface area contributed by atoms with Gasteiger partial charge in [0.1, 0.15) is 12.2 Å². The molecule has 0 aliphatic carbocycles. The molecule has 2 N–H and O–H groups in total. The van der Waals surface area contributed by atoms with Gasteiger partial charge in [0.05, 0.1) is 6.42 Å². The third-order valence-corrected chi connectivity index (χ3v) is 8.53. The SMILES string of the molecule is CCCCCCCCCCCCCCCCCC1NC(=O)CC(C(=O)O)N1C(=O)CCCCCCCCCCC. The molecule has 0 aromatic heterocycles. The molecule has 0 saturated carbocycles. The van der Waals surface area contributed by atoms with Gasteiger partial charge in [-0.3, -0.25) is 9.59 Å². The molecule has 1 aliphatic heterocycles. The molecule has 1 heterocycles. The Balaban J connectivity index is 2.24. The fraction of sp³-hybridized carbons (Fsp3) is 0.912. The van der Waals surface area contributed by atoms with E-state index in [9.17, 15) is 19.5 Å². The van der Waals surface area contributed by atoms with E-state index in [0.29, 0.717) is 12.8 Å². The van der Waals surface area contributed by atoms with E-state index in [-0.39, 0.29) is 18.2 Å². The van der Waals surface area contributed by atoms with Crippen LogP contribution in [0.5, 0.6) is 0 Å². The van der Waals surface area contributed by atoms with Gasteiger partial charge in [0.25, 0.3) is 0 Å². The summed E-state index contributed by atoms with van der Waals surface area (Å²) in [6, 6.07) is -1.04. The van der Waals surface area contributed by atoms with E-state index in [1.807, 2.05) is 0 Å². The number of carbonyl (C=O) groups is 3. The Morgan fingerprint density at radius 2 is 1.02 bits per heavy atom. The molecule has 2 atom stereocenters. The number of aliphatic carboxylic acids is 1. The van der Waals surface area contributed by atoms with Gasteiger partial charge in [0.2, 0.25) is 11.8 Å². The average molecular weight is 565 g/mol. The minimum absolute atomic E-state index is 0.124. The summed E-state index contributed by atoms with van der Waals surface area (Å²) in [5, 5.41) is 12.7. The molecule has 0 radical (unpaired) electrons. The van der Waals surface area contributed by atoms with Crippen LogP contribution in [0.3, 0.4) is 0 Å². The lowest BCUT2D eigenvalue weighted by atomic mass is 10.0. The topological polar surface area (TPSA) is 86.7 Å². The molecule has 6 nitrogen and oxygen atoms in total. The van der Waals surface area contributed by atoms with E-state index in [4.69, 9.17) is 0 Å². The van der Waals surface area contributed by atoms with Crippen LogP contribution in [-0.2, 0) is 14.4 Å². The van der Waals surface area contributed by atoms with Gasteiger partial charge in [0, 0.05) is 6.42 Å². The van der Waals surface area contributed by atoms with Crippen LogP contribution in [0.4, 0.5) is 0 Å². The Bertz CT molecular complexity index is 654. The van der Waals surface area contributed by atoms with E-state index in [1.54, 1.807) is 0 Å². The van der Waals surface area contributed by atoms with Crippen LogP contribution in [0, 0.1) is 0 Å². The second kappa shape index (κ2) is 25.1. The Kier molecular flexibility index (Phi) is 22.9. The monoisotopic (exact) mass is 564 g/mol. The molecule has 1 aliphatic rings. The number of rotatable bonds is 27. The summed E-state index contributed by atoms with van der Waals surface area (Å²) in [7, 11) is 0. The Hall–Kier alpha value is -1.59. The van der Waals surface area contributed by atoms with Gasteiger partial charge in [-0.25, -0.2) is 4.79 Å². The zero-order chi connectivity index (χ0) is 29.3. The van der Waals surface area contributed by atoms with Crippen LogP contribution in [0.15, 0.2) is 0 Å². The molecule has 2 unspecified atom stereocenters. The van der Waals surface area contributed by atoms with Crippen molar-refractivity contribution in [2.24, 2.45) is 0 Å². The molecular weight excluding hydrogens is 500 g/mol. The van der Waals surface area contributed by atoms with Crippen molar-refractivity contribution < 1.29 is 19.5 Å². The maximum atomic E-state index is 13.1. The highest BCUT2D eigenvalue weighted by molar-refractivity contribution is 5.91. The maximum Gasteiger partial charge on any atom is 0.327 e. The number of carboxylic acids is 1. The third kappa shape index (κ3) is 18.0. The number of nitrogens with zero attached hydrogens (tertiary/aromatic N) is 1. The molecular formula is C34H64N2O4. The lowest BCUT2D eigenvalue weighted by molar-refractivity contribution is -0.159. The highest BCUT2D eigenvalue weighted by atomic mass is 16.4. The molecule has 0 aromatic carbocycles. The van der Waals surface area contributed by atoms with Crippen molar-refractivity contribution in [3.8, 4) is 0 Å². The summed E-state index contributed by atoms with van der Waals surface area (Å²) in [6.07, 6.45) is 30.2. The Morgan fingerprint density at radius 1 is 0.650 bits per heavy atom. The minimum Gasteiger partial charge on any atom is -0.480 e. The summed E-state index contributed by atoms with van der Waals surface area (Å²) < 4.78 is 0. The van der Waals surface area contributed by atoms with Crippen LogP contribution < -0.4 is 5.32 Å². The number of unbranched alkanes of at least 4 members (excludes halogenated alkanes) is 22. The molecule has 234 valence electrons. The molecule has 0 bridgehead atoms. The zero-order valence-electron chi connectivity index (χ0n) is 26.4. The minimum atomic E-state index is -1.07. The number of carboxylic acid groups (broad SMARTS) is 1. The van der Waals surface area contributed by atoms with Crippen molar-refractivity contribution in [2.45, 2.75) is 199 Å². The molecule has 0 aromatic rings. The second-order valence-electron chi connectivity index (χ2n) is 12.3. The molecule has 0 spiro atoms. The fourth-order valence-electron chi connectivity index (χ4n) is 6.00. The number of nitrogens with one attached hydrogen (secondary N) is 1. The molecule has 2 amide bonds. The number of hydrogen-bond donors (Lipinski definition) is 2. The number of hydrogen-bond acceptors (Lipinski definition) is 3. The first-order chi connectivity index (χ1) is 19.5. The second-order valence-corrected chi connectivity index (χ2v) is 12.3. The fourth-order valence-corrected chi connectivity index (χ4v) is 6.00. The predicted molar refractivity (Wildman–Crippen MR) is 166 cm³/mol. The van der Waals surface area contributed by atoms with E-state index < -0.39 is 18.2 Å². The summed E-state index contributed by atoms with van der Waals surface area (Å²) in [6.45, 7) is 4.49. The largest absolute Gasteiger partial charge is 0.480 e. The highest BCUT2D eigenvalue weighted by Gasteiger charge is 2.40. The molecule has 1 saturated heterocycles. The number of carbonyl (C=O) groups excluding carboxylic acids is 2. The smallest absolute Gasteiger partial charge is 0.327 e. The predicted octanol–water partition coefficient (Wildman–Crippen LogP) is 9.30. The van der Waals surface area contributed by atoms with Gasteiger partial charge < -0.3 is 15.3 Å². The lowest BCUT2D eigenvalue weighted by Gasteiger charge is -2.40. The van der Waals surface area contributed by atoms with Crippen molar-refractivity contribution in [1.82, 2.24) is 10.2 Å². The first-order valence-electron chi connectivity index (χ1n) is 17.3. The van der Waals surface area contributed by atoms with Crippen molar-refractivity contribution in [3.05, 3.63) is 0 Å². The molecule has 6 heteroatoms. The van der Waals surface area contributed by atoms with Gasteiger partial charge in [-0.15, -0.1) is 0 Å². The van der Waals surface area contributed by atoms with Crippen molar-refractivity contribution >= 4 is 17.8 Å². The first kappa shape index (κ1) is 36.4.